The van der Waals surface area contributed by atoms with Gasteiger partial charge in [0.1, 0.15) is 5.75 Å². The zero-order chi connectivity index (χ0) is 12.0. The van der Waals surface area contributed by atoms with E-state index < -0.39 is 0 Å². The lowest BCUT2D eigenvalue weighted by Gasteiger charge is -2.06. The van der Waals surface area contributed by atoms with Crippen LogP contribution in [0.4, 0.5) is 0 Å². The van der Waals surface area contributed by atoms with Crippen molar-refractivity contribution in [1.82, 2.24) is 5.32 Å². The number of unbranched alkanes of at least 4 members (excludes halogenated alkanes) is 1. The van der Waals surface area contributed by atoms with Gasteiger partial charge in [-0.25, -0.2) is 0 Å². The summed E-state index contributed by atoms with van der Waals surface area (Å²) in [6, 6.07) is 4.85. The molecule has 0 aliphatic heterocycles. The molecule has 0 atom stereocenters. The van der Waals surface area contributed by atoms with Gasteiger partial charge in [0.2, 0.25) is 0 Å². The molecule has 16 heavy (non-hydrogen) atoms. The van der Waals surface area contributed by atoms with Crippen LogP contribution in [0.3, 0.4) is 0 Å². The zero-order valence-electron chi connectivity index (χ0n) is 8.67. The molecule has 0 saturated carbocycles. The number of alkyl halides is 1. The zero-order valence-corrected chi connectivity index (χ0v) is 12.4. The maximum Gasteiger partial charge on any atom is 0.255 e. The second-order valence-corrected chi connectivity index (χ2v) is 5.31. The maximum atomic E-state index is 11.7. The highest BCUT2D eigenvalue weighted by Crippen LogP contribution is 2.21. The van der Waals surface area contributed by atoms with Gasteiger partial charge in [-0.3, -0.25) is 4.79 Å². The Labute approximate surface area is 117 Å². The minimum absolute atomic E-state index is 0.000710. The molecule has 1 aromatic carbocycles. The molecule has 5 heteroatoms. The third-order valence-corrected chi connectivity index (χ3v) is 3.31. The van der Waals surface area contributed by atoms with Crippen LogP contribution in [0.15, 0.2) is 22.7 Å². The number of phenols is 1. The van der Waals surface area contributed by atoms with Gasteiger partial charge < -0.3 is 10.4 Å². The smallest absolute Gasteiger partial charge is 0.255 e. The first-order valence-electron chi connectivity index (χ1n) is 4.98. The van der Waals surface area contributed by atoms with E-state index in [-0.39, 0.29) is 11.7 Å². The standard InChI is InChI=1S/C11H13BrINO2/c12-8-3-4-9(10(15)7-8)11(16)14-6-2-1-5-13/h3-4,7,15H,1-2,5-6H2,(H,14,16). The van der Waals surface area contributed by atoms with E-state index in [1.165, 1.54) is 6.07 Å². The van der Waals surface area contributed by atoms with Gasteiger partial charge in [0.05, 0.1) is 5.56 Å². The predicted octanol–water partition coefficient (Wildman–Crippen LogP) is 3.10. The third kappa shape index (κ3) is 4.29. The third-order valence-electron chi connectivity index (χ3n) is 2.05. The highest BCUT2D eigenvalue weighted by molar-refractivity contribution is 14.1. The van der Waals surface area contributed by atoms with Crippen molar-refractivity contribution in [3.63, 3.8) is 0 Å². The van der Waals surface area contributed by atoms with E-state index in [1.807, 2.05) is 0 Å². The number of amides is 1. The van der Waals surface area contributed by atoms with Gasteiger partial charge in [0.15, 0.2) is 0 Å². The van der Waals surface area contributed by atoms with Crippen LogP contribution in [0.2, 0.25) is 0 Å². The van der Waals surface area contributed by atoms with Crippen LogP contribution in [0.5, 0.6) is 5.75 Å². The van der Waals surface area contributed by atoms with E-state index in [4.69, 9.17) is 0 Å². The molecule has 3 nitrogen and oxygen atoms in total. The first kappa shape index (κ1) is 13.8. The van der Waals surface area contributed by atoms with Crippen molar-refractivity contribution < 1.29 is 9.90 Å². The summed E-state index contributed by atoms with van der Waals surface area (Å²) in [6.45, 7) is 0.650. The van der Waals surface area contributed by atoms with Crippen molar-refractivity contribution in [3.05, 3.63) is 28.2 Å². The summed E-state index contributed by atoms with van der Waals surface area (Å²) in [6.07, 6.45) is 2.05. The summed E-state index contributed by atoms with van der Waals surface area (Å²) in [4.78, 5) is 11.7. The number of aromatic hydroxyl groups is 1. The molecule has 2 N–H and O–H groups in total. The van der Waals surface area contributed by atoms with Crippen LogP contribution < -0.4 is 5.32 Å². The highest BCUT2D eigenvalue weighted by atomic mass is 127. The van der Waals surface area contributed by atoms with E-state index >= 15 is 0 Å². The Morgan fingerprint density at radius 2 is 2.19 bits per heavy atom. The Morgan fingerprint density at radius 1 is 1.44 bits per heavy atom. The van der Waals surface area contributed by atoms with E-state index in [9.17, 15) is 9.90 Å². The Hall–Kier alpha value is -0.300. The van der Waals surface area contributed by atoms with Crippen LogP contribution in [0.25, 0.3) is 0 Å². The number of nitrogens with one attached hydrogen (secondary N) is 1. The Kier molecular flexibility index (Phi) is 6.12. The molecule has 0 radical (unpaired) electrons. The fraction of sp³-hybridized carbons (Fsp3) is 0.364. The predicted molar refractivity (Wildman–Crippen MR) is 76.3 cm³/mol. The van der Waals surface area contributed by atoms with Crippen molar-refractivity contribution >= 4 is 44.4 Å². The Bertz CT molecular complexity index is 371. The molecule has 0 aliphatic rings. The molecule has 0 saturated heterocycles. The van der Waals surface area contributed by atoms with Gasteiger partial charge in [-0.1, -0.05) is 38.5 Å². The normalized spacial score (nSPS) is 10.1. The number of carbonyl (C=O) groups is 1. The van der Waals surface area contributed by atoms with Crippen LogP contribution in [-0.4, -0.2) is 22.0 Å². The van der Waals surface area contributed by atoms with Crippen LogP contribution in [0.1, 0.15) is 23.2 Å². The first-order chi connectivity index (χ1) is 7.65. The lowest BCUT2D eigenvalue weighted by Crippen LogP contribution is -2.24. The summed E-state index contributed by atoms with van der Waals surface area (Å²) in [7, 11) is 0. The van der Waals surface area contributed by atoms with Crippen LogP contribution >= 0.6 is 38.5 Å². The molecule has 0 fully saturated rings. The topological polar surface area (TPSA) is 49.3 Å². The van der Waals surface area contributed by atoms with Crippen molar-refractivity contribution in [3.8, 4) is 5.75 Å². The second kappa shape index (κ2) is 7.11. The van der Waals surface area contributed by atoms with Crippen molar-refractivity contribution in [1.29, 1.82) is 0 Å². The van der Waals surface area contributed by atoms with E-state index in [0.29, 0.717) is 12.1 Å². The highest BCUT2D eigenvalue weighted by Gasteiger charge is 2.10. The summed E-state index contributed by atoms with van der Waals surface area (Å²) in [5.41, 5.74) is 0.317. The van der Waals surface area contributed by atoms with Gasteiger partial charge in [-0.2, -0.15) is 0 Å². The maximum absolute atomic E-state index is 11.7. The Morgan fingerprint density at radius 3 is 2.81 bits per heavy atom. The molecule has 0 unspecified atom stereocenters. The van der Waals surface area contributed by atoms with E-state index in [1.54, 1.807) is 12.1 Å². The molecular weight excluding hydrogens is 385 g/mol. The summed E-state index contributed by atoms with van der Waals surface area (Å²) in [5, 5.41) is 12.3. The van der Waals surface area contributed by atoms with Gasteiger partial charge in [0.25, 0.3) is 5.91 Å². The van der Waals surface area contributed by atoms with Gasteiger partial charge in [0, 0.05) is 11.0 Å². The summed E-state index contributed by atoms with van der Waals surface area (Å²) < 4.78 is 1.85. The lowest BCUT2D eigenvalue weighted by molar-refractivity contribution is 0.0950. The van der Waals surface area contributed by atoms with Crippen molar-refractivity contribution in [2.24, 2.45) is 0 Å². The van der Waals surface area contributed by atoms with E-state index in [0.717, 1.165) is 21.7 Å². The van der Waals surface area contributed by atoms with E-state index in [2.05, 4.69) is 43.8 Å². The molecule has 0 spiro atoms. The molecule has 0 bridgehead atoms. The molecular formula is C11H13BrINO2. The number of phenolic OH excluding ortho intramolecular Hbond substituents is 1. The fourth-order valence-corrected chi connectivity index (χ4v) is 2.10. The Balaban J connectivity index is 2.53. The van der Waals surface area contributed by atoms with Gasteiger partial charge in [-0.15, -0.1) is 0 Å². The van der Waals surface area contributed by atoms with Crippen LogP contribution in [0, 0.1) is 0 Å². The molecule has 1 rings (SSSR count). The summed E-state index contributed by atoms with van der Waals surface area (Å²) >= 11 is 5.53. The number of rotatable bonds is 5. The van der Waals surface area contributed by atoms with Crippen LogP contribution in [-0.2, 0) is 0 Å². The number of hydrogen-bond acceptors (Lipinski definition) is 2. The number of carbonyl (C=O) groups excluding carboxylic acids is 1. The molecule has 1 amide bonds. The summed E-state index contributed by atoms with van der Waals surface area (Å²) in [5.74, 6) is -0.223. The number of halogens is 2. The van der Waals surface area contributed by atoms with Crippen molar-refractivity contribution in [2.75, 3.05) is 11.0 Å². The SMILES string of the molecule is O=C(NCCCCI)c1ccc(Br)cc1O. The molecule has 0 aromatic heterocycles. The number of benzene rings is 1. The second-order valence-electron chi connectivity index (χ2n) is 3.31. The van der Waals surface area contributed by atoms with Gasteiger partial charge >= 0.3 is 0 Å². The molecule has 0 aliphatic carbocycles. The molecule has 1 aromatic rings. The average Bonchev–Trinajstić information content (AvgIpc) is 2.24. The largest absolute Gasteiger partial charge is 0.507 e. The average molecular weight is 398 g/mol. The van der Waals surface area contributed by atoms with Crippen molar-refractivity contribution in [2.45, 2.75) is 12.8 Å². The minimum atomic E-state index is -0.224. The lowest BCUT2D eigenvalue weighted by atomic mass is 10.2. The fourth-order valence-electron chi connectivity index (χ4n) is 1.21. The van der Waals surface area contributed by atoms with Gasteiger partial charge in [-0.05, 0) is 35.5 Å². The molecule has 0 heterocycles. The minimum Gasteiger partial charge on any atom is -0.507 e. The first-order valence-corrected chi connectivity index (χ1v) is 7.29. The molecule has 88 valence electrons. The quantitative estimate of drug-likeness (QED) is 0.455. The number of hydrogen-bond donors (Lipinski definition) is 2. The monoisotopic (exact) mass is 397 g/mol.